The van der Waals surface area contributed by atoms with Gasteiger partial charge >= 0.3 is 0 Å². The zero-order valence-electron chi connectivity index (χ0n) is 8.33. The van der Waals surface area contributed by atoms with E-state index in [1.54, 1.807) is 12.1 Å². The average molecular weight is 212 g/mol. The zero-order valence-corrected chi connectivity index (χ0v) is 8.33. The van der Waals surface area contributed by atoms with Gasteiger partial charge in [0.25, 0.3) is 0 Å². The minimum Gasteiger partial charge on any atom is -0.287 e. The maximum Gasteiger partial charge on any atom is 0.206 e. The number of hydrogen-bond donors (Lipinski definition) is 0. The Balaban J connectivity index is 2.45. The Bertz CT molecular complexity index is 564. The van der Waals surface area contributed by atoms with Gasteiger partial charge in [0.05, 0.1) is 0 Å². The van der Waals surface area contributed by atoms with Crippen molar-refractivity contribution in [3.63, 3.8) is 0 Å². The Morgan fingerprint density at radius 2 is 1.06 bits per heavy atom. The largest absolute Gasteiger partial charge is 0.287 e. The van der Waals surface area contributed by atoms with E-state index in [0.717, 1.165) is 0 Å². The summed E-state index contributed by atoms with van der Waals surface area (Å²) in [5.74, 6) is 0. The van der Waals surface area contributed by atoms with Gasteiger partial charge < -0.3 is 0 Å². The van der Waals surface area contributed by atoms with Crippen LogP contribution in [0.2, 0.25) is 0 Å². The highest BCUT2D eigenvalue weighted by Gasteiger charge is 1.96. The van der Waals surface area contributed by atoms with Crippen LogP contribution in [0.4, 0.5) is 0 Å². The number of nitrogens with zero attached hydrogens (tertiary/aromatic N) is 2. The van der Waals surface area contributed by atoms with Crippen molar-refractivity contribution in [3.05, 3.63) is 48.5 Å². The van der Waals surface area contributed by atoms with Gasteiger partial charge in [0, 0.05) is 0 Å². The summed E-state index contributed by atoms with van der Waals surface area (Å²) in [6.07, 6.45) is 0. The van der Waals surface area contributed by atoms with E-state index in [4.69, 9.17) is 9.15 Å². The molecule has 0 radical (unpaired) electrons. The molecule has 0 aliphatic rings. The second kappa shape index (κ2) is 3.66. The summed E-state index contributed by atoms with van der Waals surface area (Å²) < 4.78 is 10.4. The molecule has 3 rings (SSSR count). The maximum absolute atomic E-state index is 5.20. The summed E-state index contributed by atoms with van der Waals surface area (Å²) in [6.45, 7) is 0. The van der Waals surface area contributed by atoms with Crippen molar-refractivity contribution in [1.82, 2.24) is 10.2 Å². The first-order chi connectivity index (χ1) is 7.93. The van der Waals surface area contributed by atoms with Crippen LogP contribution in [0.15, 0.2) is 57.7 Å². The Morgan fingerprint density at radius 1 is 0.625 bits per heavy atom. The third-order valence-electron chi connectivity index (χ3n) is 2.22. The van der Waals surface area contributed by atoms with Gasteiger partial charge in [-0.25, -0.2) is 0 Å². The van der Waals surface area contributed by atoms with Crippen LogP contribution in [0.5, 0.6) is 0 Å². The number of benzene rings is 2. The molecule has 0 saturated carbocycles. The molecule has 1 heterocycles. The molecule has 0 saturated heterocycles. The van der Waals surface area contributed by atoms with E-state index < -0.39 is 0 Å². The van der Waals surface area contributed by atoms with Crippen LogP contribution in [0.25, 0.3) is 22.2 Å². The van der Waals surface area contributed by atoms with E-state index >= 15 is 0 Å². The Morgan fingerprint density at radius 3 is 1.56 bits per heavy atom. The third-order valence-corrected chi connectivity index (χ3v) is 2.22. The maximum atomic E-state index is 5.20. The van der Waals surface area contributed by atoms with Gasteiger partial charge in [0.15, 0.2) is 0 Å². The van der Waals surface area contributed by atoms with Gasteiger partial charge in [-0.2, -0.15) is 0 Å². The molecule has 0 aliphatic heterocycles. The van der Waals surface area contributed by atoms with E-state index in [0.29, 0.717) is 22.2 Å². The van der Waals surface area contributed by atoms with E-state index in [1.807, 2.05) is 36.4 Å². The fraction of sp³-hybridized carbons (Fsp3) is 0. The quantitative estimate of drug-likeness (QED) is 0.537. The Kier molecular flexibility index (Phi) is 2.04. The van der Waals surface area contributed by atoms with Crippen LogP contribution in [0.1, 0.15) is 0 Å². The SMILES string of the molecule is c1ccc2ooc3ccccc3nnc2c1. The van der Waals surface area contributed by atoms with Gasteiger partial charge in [0.2, 0.25) is 11.2 Å². The van der Waals surface area contributed by atoms with Crippen molar-refractivity contribution in [2.24, 2.45) is 0 Å². The number of fused-ring (bicyclic) bond motifs is 2. The minimum absolute atomic E-state index is 0.556. The lowest BCUT2D eigenvalue weighted by Crippen LogP contribution is -1.81. The van der Waals surface area contributed by atoms with Crippen molar-refractivity contribution in [2.75, 3.05) is 0 Å². The van der Waals surface area contributed by atoms with Gasteiger partial charge in [-0.15, -0.1) is 10.2 Å². The zero-order chi connectivity index (χ0) is 10.8. The van der Waals surface area contributed by atoms with Gasteiger partial charge in [-0.3, -0.25) is 9.15 Å². The van der Waals surface area contributed by atoms with E-state index in [-0.39, 0.29) is 0 Å². The highest BCUT2D eigenvalue weighted by atomic mass is 17.0. The lowest BCUT2D eigenvalue weighted by Gasteiger charge is -1.92. The molecule has 0 unspecified atom stereocenters. The molecule has 0 aliphatic carbocycles. The number of hydrogen-bond acceptors (Lipinski definition) is 4. The van der Waals surface area contributed by atoms with Crippen LogP contribution >= 0.6 is 0 Å². The summed E-state index contributed by atoms with van der Waals surface area (Å²) in [5.41, 5.74) is 2.41. The molecule has 0 fully saturated rings. The molecule has 0 bridgehead atoms. The highest BCUT2D eigenvalue weighted by molar-refractivity contribution is 5.73. The fourth-order valence-electron chi connectivity index (χ4n) is 1.42. The molecule has 1 aromatic heterocycles. The minimum atomic E-state index is 0.556. The van der Waals surface area contributed by atoms with Crippen LogP contribution in [0.3, 0.4) is 0 Å². The van der Waals surface area contributed by atoms with Gasteiger partial charge in [0.1, 0.15) is 11.0 Å². The van der Waals surface area contributed by atoms with Crippen molar-refractivity contribution in [2.45, 2.75) is 0 Å². The summed E-state index contributed by atoms with van der Waals surface area (Å²) in [6, 6.07) is 14.6. The second-order valence-electron chi connectivity index (χ2n) is 3.30. The fourth-order valence-corrected chi connectivity index (χ4v) is 1.42. The molecule has 78 valence electrons. The molecular formula is C12H8N2O2. The molecule has 2 aromatic carbocycles. The molecule has 4 heteroatoms. The molecule has 0 atom stereocenters. The summed E-state index contributed by atoms with van der Waals surface area (Å²) >= 11 is 0. The van der Waals surface area contributed by atoms with Crippen molar-refractivity contribution < 1.29 is 9.15 Å². The molecule has 0 N–H and O–H groups in total. The summed E-state index contributed by atoms with van der Waals surface area (Å²) in [5, 5.41) is 8.22. The monoisotopic (exact) mass is 212 g/mol. The second-order valence-corrected chi connectivity index (χ2v) is 3.30. The molecule has 16 heavy (non-hydrogen) atoms. The highest BCUT2D eigenvalue weighted by Crippen LogP contribution is 2.12. The predicted molar refractivity (Wildman–Crippen MR) is 59.2 cm³/mol. The smallest absolute Gasteiger partial charge is 0.206 e. The first-order valence-electron chi connectivity index (χ1n) is 4.88. The number of para-hydroxylation sites is 2. The topological polar surface area (TPSA) is 52.1 Å². The first-order valence-corrected chi connectivity index (χ1v) is 4.88. The Hall–Kier alpha value is -2.36. The number of aromatic nitrogens is 2. The average Bonchev–Trinajstić information content (AvgIpc) is 2.32. The summed E-state index contributed by atoms with van der Waals surface area (Å²) in [4.78, 5) is 0. The lowest BCUT2D eigenvalue weighted by molar-refractivity contribution is 0.0905. The first kappa shape index (κ1) is 8.91. The van der Waals surface area contributed by atoms with E-state index in [1.165, 1.54) is 0 Å². The Labute approximate surface area is 90.8 Å². The number of rotatable bonds is 0. The third kappa shape index (κ3) is 1.50. The van der Waals surface area contributed by atoms with Crippen LogP contribution < -0.4 is 0 Å². The van der Waals surface area contributed by atoms with Crippen LogP contribution in [-0.4, -0.2) is 10.2 Å². The van der Waals surface area contributed by atoms with Gasteiger partial charge in [-0.1, -0.05) is 24.3 Å². The van der Waals surface area contributed by atoms with Crippen LogP contribution in [0, 0.1) is 0 Å². The molecule has 3 aromatic rings. The van der Waals surface area contributed by atoms with Crippen molar-refractivity contribution in [3.8, 4) is 0 Å². The van der Waals surface area contributed by atoms with Gasteiger partial charge in [-0.05, 0) is 24.3 Å². The molecular weight excluding hydrogens is 204 g/mol. The molecule has 0 spiro atoms. The van der Waals surface area contributed by atoms with Crippen LogP contribution in [-0.2, 0) is 0 Å². The van der Waals surface area contributed by atoms with Crippen molar-refractivity contribution >= 4 is 22.2 Å². The molecule has 4 nitrogen and oxygen atoms in total. The van der Waals surface area contributed by atoms with Crippen molar-refractivity contribution in [1.29, 1.82) is 0 Å². The molecule has 0 amide bonds. The summed E-state index contributed by atoms with van der Waals surface area (Å²) in [7, 11) is 0. The predicted octanol–water partition coefficient (Wildman–Crippen LogP) is 3.09. The lowest BCUT2D eigenvalue weighted by atomic mass is 10.3. The van der Waals surface area contributed by atoms with E-state index in [2.05, 4.69) is 10.2 Å². The normalized spacial score (nSPS) is 10.5. The van der Waals surface area contributed by atoms with E-state index in [9.17, 15) is 0 Å². The standard InChI is InChI=1S/C12H8N2O2/c1-3-7-11-9(5-1)13-14-10-6-2-4-8-12(10)16-15-11/h1-8H.